The molecular formula is C23H29F3O. The van der Waals surface area contributed by atoms with Crippen molar-refractivity contribution in [2.24, 2.45) is 16.7 Å². The Morgan fingerprint density at radius 2 is 1.48 bits per heavy atom. The van der Waals surface area contributed by atoms with Crippen molar-refractivity contribution in [1.29, 1.82) is 0 Å². The molecule has 4 heteroatoms. The molecule has 1 nitrogen and oxygen atoms in total. The largest absolute Gasteiger partial charge is 0.507 e. The van der Waals surface area contributed by atoms with E-state index in [0.717, 1.165) is 16.7 Å². The van der Waals surface area contributed by atoms with E-state index in [-0.39, 0.29) is 12.2 Å². The molecule has 0 spiro atoms. The molecule has 0 saturated heterocycles. The third-order valence-electron chi connectivity index (χ3n) is 5.03. The second-order valence-electron chi connectivity index (χ2n) is 9.22. The normalized spacial score (nSPS) is 14.2. The topological polar surface area (TPSA) is 20.2 Å². The molecule has 0 aliphatic heterocycles. The summed E-state index contributed by atoms with van der Waals surface area (Å²) in [5.74, 6) is -1.23. The molecule has 1 N–H and O–H groups in total. The quantitative estimate of drug-likeness (QED) is 0.581. The first-order valence-electron chi connectivity index (χ1n) is 9.24. The summed E-state index contributed by atoms with van der Waals surface area (Å²) in [4.78, 5) is 0. The predicted octanol–water partition coefficient (Wildman–Crippen LogP) is 7.24. The summed E-state index contributed by atoms with van der Waals surface area (Å²) in [7, 11) is 0. The van der Waals surface area contributed by atoms with Gasteiger partial charge in [0.2, 0.25) is 0 Å². The molecule has 1 atom stereocenters. The van der Waals surface area contributed by atoms with Gasteiger partial charge in [-0.3, -0.25) is 0 Å². The molecule has 0 amide bonds. The van der Waals surface area contributed by atoms with Crippen LogP contribution < -0.4 is 0 Å². The minimum absolute atomic E-state index is 0.0429. The zero-order chi connectivity index (χ0) is 20.5. The third-order valence-corrected chi connectivity index (χ3v) is 5.03. The molecule has 2 aromatic rings. The molecule has 0 saturated carbocycles. The fraction of sp³-hybridized carbons (Fsp3) is 0.478. The minimum atomic E-state index is -4.23. The van der Waals surface area contributed by atoms with Gasteiger partial charge in [0.1, 0.15) is 5.75 Å². The van der Waals surface area contributed by atoms with Gasteiger partial charge in [0.05, 0.1) is 5.92 Å². The van der Waals surface area contributed by atoms with Crippen LogP contribution in [0.4, 0.5) is 13.2 Å². The number of aromatic hydroxyl groups is 1. The van der Waals surface area contributed by atoms with E-state index in [0.29, 0.717) is 6.42 Å². The van der Waals surface area contributed by atoms with E-state index in [9.17, 15) is 18.3 Å². The molecule has 0 fully saturated rings. The van der Waals surface area contributed by atoms with Crippen LogP contribution >= 0.6 is 0 Å². The number of benzene rings is 2. The van der Waals surface area contributed by atoms with Gasteiger partial charge in [0.25, 0.3) is 0 Å². The molecule has 0 heterocycles. The Kier molecular flexibility index (Phi) is 5.98. The first-order valence-corrected chi connectivity index (χ1v) is 9.24. The fourth-order valence-corrected chi connectivity index (χ4v) is 3.64. The molecule has 0 bridgehead atoms. The molecule has 0 radical (unpaired) electrons. The average molecular weight is 378 g/mol. The van der Waals surface area contributed by atoms with Gasteiger partial charge in [-0.15, -0.1) is 0 Å². The first kappa shape index (κ1) is 21.3. The number of halogens is 3. The zero-order valence-electron chi connectivity index (χ0n) is 16.7. The van der Waals surface area contributed by atoms with Gasteiger partial charge in [-0.25, -0.2) is 0 Å². The SMILES string of the molecule is CC(C)(Cc1ccc(-c2ccccc2)c(O)c1)CC(C(C)(C)C)C(F)(F)F. The Morgan fingerprint density at radius 3 is 1.96 bits per heavy atom. The van der Waals surface area contributed by atoms with Gasteiger partial charge in [0.15, 0.2) is 0 Å². The highest BCUT2D eigenvalue weighted by Crippen LogP contribution is 2.47. The number of hydrogen-bond donors (Lipinski definition) is 1. The fourth-order valence-electron chi connectivity index (χ4n) is 3.64. The van der Waals surface area contributed by atoms with E-state index in [2.05, 4.69) is 0 Å². The van der Waals surface area contributed by atoms with Gasteiger partial charge in [-0.05, 0) is 40.9 Å². The molecular weight excluding hydrogens is 349 g/mol. The average Bonchev–Trinajstić information content (AvgIpc) is 2.51. The third kappa shape index (κ3) is 5.75. The standard InChI is InChI=1S/C23H29F3O/c1-21(2,3)20(23(24,25)26)15-22(4,5)14-16-11-12-18(19(27)13-16)17-9-7-6-8-10-17/h6-13,20,27H,14-15H2,1-5H3. The molecule has 27 heavy (non-hydrogen) atoms. The van der Waals surface area contributed by atoms with Crippen LogP contribution in [0.1, 0.15) is 46.6 Å². The summed E-state index contributed by atoms with van der Waals surface area (Å²) in [5, 5.41) is 10.4. The zero-order valence-corrected chi connectivity index (χ0v) is 16.7. The minimum Gasteiger partial charge on any atom is -0.507 e. The van der Waals surface area contributed by atoms with Crippen LogP contribution in [-0.2, 0) is 6.42 Å². The molecule has 0 aromatic heterocycles. The molecule has 0 aliphatic carbocycles. The molecule has 2 rings (SSSR count). The smallest absolute Gasteiger partial charge is 0.392 e. The van der Waals surface area contributed by atoms with E-state index < -0.39 is 22.9 Å². The van der Waals surface area contributed by atoms with Crippen molar-refractivity contribution < 1.29 is 18.3 Å². The van der Waals surface area contributed by atoms with Crippen molar-refractivity contribution in [3.8, 4) is 16.9 Å². The summed E-state index contributed by atoms with van der Waals surface area (Å²) < 4.78 is 40.6. The monoisotopic (exact) mass is 378 g/mol. The summed E-state index contributed by atoms with van der Waals surface area (Å²) in [6.07, 6.45) is -3.71. The van der Waals surface area contributed by atoms with Crippen molar-refractivity contribution in [2.45, 2.75) is 53.6 Å². The Bertz CT molecular complexity index is 741. The Labute approximate surface area is 160 Å². The number of phenolic OH excluding ortho intramolecular Hbond substituents is 1. The summed E-state index contributed by atoms with van der Waals surface area (Å²) in [6.45, 7) is 8.64. The van der Waals surface area contributed by atoms with E-state index >= 15 is 0 Å². The number of hydrogen-bond acceptors (Lipinski definition) is 1. The van der Waals surface area contributed by atoms with Gasteiger partial charge >= 0.3 is 6.18 Å². The Balaban J connectivity index is 2.21. The van der Waals surface area contributed by atoms with Crippen molar-refractivity contribution >= 4 is 0 Å². The lowest BCUT2D eigenvalue weighted by Gasteiger charge is -2.38. The lowest BCUT2D eigenvalue weighted by molar-refractivity contribution is -0.208. The maximum atomic E-state index is 13.5. The highest BCUT2D eigenvalue weighted by molar-refractivity contribution is 5.70. The Hall–Kier alpha value is -1.97. The molecule has 2 aromatic carbocycles. The summed E-state index contributed by atoms with van der Waals surface area (Å²) >= 11 is 0. The second kappa shape index (κ2) is 7.57. The van der Waals surface area contributed by atoms with E-state index in [1.54, 1.807) is 26.8 Å². The number of rotatable bonds is 5. The van der Waals surface area contributed by atoms with Crippen molar-refractivity contribution in [3.63, 3.8) is 0 Å². The lowest BCUT2D eigenvalue weighted by Crippen LogP contribution is -2.38. The van der Waals surface area contributed by atoms with Gasteiger partial charge in [-0.2, -0.15) is 13.2 Å². The van der Waals surface area contributed by atoms with Crippen molar-refractivity contribution in [2.75, 3.05) is 0 Å². The van der Waals surface area contributed by atoms with Crippen LogP contribution in [0.3, 0.4) is 0 Å². The lowest BCUT2D eigenvalue weighted by atomic mass is 9.69. The highest BCUT2D eigenvalue weighted by atomic mass is 19.4. The highest BCUT2D eigenvalue weighted by Gasteiger charge is 2.48. The second-order valence-corrected chi connectivity index (χ2v) is 9.22. The van der Waals surface area contributed by atoms with Crippen molar-refractivity contribution in [3.05, 3.63) is 54.1 Å². The molecule has 0 aliphatic rings. The van der Waals surface area contributed by atoms with Gasteiger partial charge < -0.3 is 5.11 Å². The van der Waals surface area contributed by atoms with Crippen LogP contribution in [0.2, 0.25) is 0 Å². The van der Waals surface area contributed by atoms with Gasteiger partial charge in [0, 0.05) is 5.56 Å². The van der Waals surface area contributed by atoms with E-state index in [1.165, 1.54) is 0 Å². The van der Waals surface area contributed by atoms with Crippen molar-refractivity contribution in [1.82, 2.24) is 0 Å². The van der Waals surface area contributed by atoms with Crippen LogP contribution in [0.25, 0.3) is 11.1 Å². The maximum absolute atomic E-state index is 13.5. The predicted molar refractivity (Wildman–Crippen MR) is 105 cm³/mol. The first-order chi connectivity index (χ1) is 12.3. The van der Waals surface area contributed by atoms with Crippen LogP contribution in [0.15, 0.2) is 48.5 Å². The van der Waals surface area contributed by atoms with Crippen LogP contribution in [0.5, 0.6) is 5.75 Å². The summed E-state index contributed by atoms with van der Waals surface area (Å²) in [6, 6.07) is 14.9. The number of alkyl halides is 3. The maximum Gasteiger partial charge on any atom is 0.392 e. The van der Waals surface area contributed by atoms with Gasteiger partial charge in [-0.1, -0.05) is 77.1 Å². The number of phenols is 1. The molecule has 1 unspecified atom stereocenters. The molecule has 148 valence electrons. The van der Waals surface area contributed by atoms with Crippen LogP contribution in [-0.4, -0.2) is 11.3 Å². The summed E-state index contributed by atoms with van der Waals surface area (Å²) in [5.41, 5.74) is 1.07. The van der Waals surface area contributed by atoms with E-state index in [4.69, 9.17) is 0 Å². The Morgan fingerprint density at radius 1 is 0.889 bits per heavy atom. The van der Waals surface area contributed by atoms with E-state index in [1.807, 2.05) is 56.3 Å². The van der Waals surface area contributed by atoms with Crippen LogP contribution in [0, 0.1) is 16.7 Å².